The molecule has 1 rings (SSSR count). The van der Waals surface area contributed by atoms with Crippen LogP contribution in [0.2, 0.25) is 0 Å². The number of hydrogen-bond acceptors (Lipinski definition) is 3. The van der Waals surface area contributed by atoms with Crippen LogP contribution in [-0.4, -0.2) is 23.5 Å². The van der Waals surface area contributed by atoms with Crippen molar-refractivity contribution in [2.75, 3.05) is 6.54 Å². The second-order valence-corrected chi connectivity index (χ2v) is 5.28. The van der Waals surface area contributed by atoms with E-state index in [0.29, 0.717) is 12.1 Å². The van der Waals surface area contributed by atoms with E-state index in [2.05, 4.69) is 50.9 Å². The molecule has 1 aromatic rings. The molecule has 3 nitrogen and oxygen atoms in total. The summed E-state index contributed by atoms with van der Waals surface area (Å²) < 4.78 is 5.64. The van der Waals surface area contributed by atoms with Crippen LogP contribution >= 0.6 is 0 Å². The number of furan rings is 1. The smallest absolute Gasteiger partial charge is 0.118 e. The second kappa shape index (κ2) is 7.59. The predicted octanol–water partition coefficient (Wildman–Crippen LogP) is 3.40. The monoisotopic (exact) mass is 252 g/mol. The first kappa shape index (κ1) is 15.3. The SMILES string of the molecule is CCC(C)N(CC)Cc1cc(CNC(C)C)co1. The van der Waals surface area contributed by atoms with Gasteiger partial charge in [-0.2, -0.15) is 0 Å². The van der Waals surface area contributed by atoms with Gasteiger partial charge in [-0.15, -0.1) is 0 Å². The molecule has 0 bridgehead atoms. The zero-order chi connectivity index (χ0) is 13.5. The molecule has 0 saturated carbocycles. The number of hydrogen-bond donors (Lipinski definition) is 1. The van der Waals surface area contributed by atoms with Crippen molar-refractivity contribution >= 4 is 0 Å². The van der Waals surface area contributed by atoms with E-state index in [-0.39, 0.29) is 0 Å². The summed E-state index contributed by atoms with van der Waals surface area (Å²) in [5, 5.41) is 3.40. The first-order valence-electron chi connectivity index (χ1n) is 7.10. The molecule has 18 heavy (non-hydrogen) atoms. The maximum absolute atomic E-state index is 5.64. The highest BCUT2D eigenvalue weighted by molar-refractivity contribution is 5.12. The van der Waals surface area contributed by atoms with Gasteiger partial charge in [0.2, 0.25) is 0 Å². The third-order valence-corrected chi connectivity index (χ3v) is 3.40. The minimum absolute atomic E-state index is 0.510. The predicted molar refractivity (Wildman–Crippen MR) is 76.5 cm³/mol. The van der Waals surface area contributed by atoms with E-state index in [9.17, 15) is 0 Å². The molecule has 0 aliphatic heterocycles. The summed E-state index contributed by atoms with van der Waals surface area (Å²) in [7, 11) is 0. The molecule has 0 amide bonds. The average Bonchev–Trinajstić information content (AvgIpc) is 2.80. The molecule has 0 aliphatic rings. The van der Waals surface area contributed by atoms with Crippen LogP contribution in [0.4, 0.5) is 0 Å². The molecule has 0 aromatic carbocycles. The van der Waals surface area contributed by atoms with E-state index < -0.39 is 0 Å². The summed E-state index contributed by atoms with van der Waals surface area (Å²) in [6, 6.07) is 3.29. The minimum Gasteiger partial charge on any atom is -0.468 e. The Bertz CT molecular complexity index is 333. The third kappa shape index (κ3) is 4.83. The minimum atomic E-state index is 0.510. The summed E-state index contributed by atoms with van der Waals surface area (Å²) in [5.74, 6) is 1.07. The highest BCUT2D eigenvalue weighted by Crippen LogP contribution is 2.13. The fourth-order valence-electron chi connectivity index (χ4n) is 1.96. The van der Waals surface area contributed by atoms with Crippen LogP contribution in [0.15, 0.2) is 16.7 Å². The molecule has 104 valence electrons. The highest BCUT2D eigenvalue weighted by atomic mass is 16.3. The van der Waals surface area contributed by atoms with Gasteiger partial charge in [0, 0.05) is 24.2 Å². The maximum atomic E-state index is 5.64. The number of nitrogens with one attached hydrogen (secondary N) is 1. The summed E-state index contributed by atoms with van der Waals surface area (Å²) in [6.07, 6.45) is 3.05. The van der Waals surface area contributed by atoms with Crippen LogP contribution in [0.5, 0.6) is 0 Å². The van der Waals surface area contributed by atoms with Gasteiger partial charge in [0.1, 0.15) is 5.76 Å². The standard InChI is InChI=1S/C15H28N2O/c1-6-13(5)17(7-2)10-15-8-14(11-18-15)9-16-12(3)4/h8,11-13,16H,6-7,9-10H2,1-5H3. The van der Waals surface area contributed by atoms with Gasteiger partial charge in [-0.3, -0.25) is 4.90 Å². The van der Waals surface area contributed by atoms with Crippen LogP contribution in [0.1, 0.15) is 52.4 Å². The Morgan fingerprint density at radius 2 is 2.00 bits per heavy atom. The first-order valence-corrected chi connectivity index (χ1v) is 7.10. The van der Waals surface area contributed by atoms with Crippen LogP contribution in [0.3, 0.4) is 0 Å². The Kier molecular flexibility index (Phi) is 6.44. The van der Waals surface area contributed by atoms with Crippen molar-refractivity contribution in [2.45, 2.75) is 66.2 Å². The molecule has 0 saturated heterocycles. The van der Waals surface area contributed by atoms with E-state index >= 15 is 0 Å². The molecule has 1 aromatic heterocycles. The zero-order valence-electron chi connectivity index (χ0n) is 12.5. The van der Waals surface area contributed by atoms with Crippen molar-refractivity contribution in [1.29, 1.82) is 0 Å². The van der Waals surface area contributed by atoms with Gasteiger partial charge in [0.15, 0.2) is 0 Å². The lowest BCUT2D eigenvalue weighted by molar-refractivity contribution is 0.190. The van der Waals surface area contributed by atoms with Crippen molar-refractivity contribution in [3.05, 3.63) is 23.7 Å². The van der Waals surface area contributed by atoms with Crippen molar-refractivity contribution in [2.24, 2.45) is 0 Å². The summed E-state index contributed by atoms with van der Waals surface area (Å²) in [5.41, 5.74) is 1.24. The van der Waals surface area contributed by atoms with Crippen LogP contribution in [-0.2, 0) is 13.1 Å². The molecule has 1 N–H and O–H groups in total. The summed E-state index contributed by atoms with van der Waals surface area (Å²) in [6.45, 7) is 13.9. The Labute approximate surface area is 112 Å². The molecule has 1 atom stereocenters. The zero-order valence-corrected chi connectivity index (χ0v) is 12.5. The first-order chi connectivity index (χ1) is 8.56. The van der Waals surface area contributed by atoms with Gasteiger partial charge in [-0.1, -0.05) is 27.7 Å². The Morgan fingerprint density at radius 1 is 1.28 bits per heavy atom. The molecule has 0 spiro atoms. The normalized spacial score (nSPS) is 13.5. The fourth-order valence-corrected chi connectivity index (χ4v) is 1.96. The van der Waals surface area contributed by atoms with E-state index in [1.807, 2.05) is 6.26 Å². The highest BCUT2D eigenvalue weighted by Gasteiger charge is 2.12. The van der Waals surface area contributed by atoms with Gasteiger partial charge < -0.3 is 9.73 Å². The van der Waals surface area contributed by atoms with Crippen molar-refractivity contribution in [1.82, 2.24) is 10.2 Å². The quantitative estimate of drug-likeness (QED) is 0.768. The molecule has 3 heteroatoms. The van der Waals surface area contributed by atoms with Gasteiger partial charge >= 0.3 is 0 Å². The molecule has 0 fully saturated rings. The molecule has 0 aliphatic carbocycles. The molecule has 1 heterocycles. The van der Waals surface area contributed by atoms with Crippen LogP contribution in [0, 0.1) is 0 Å². The van der Waals surface area contributed by atoms with Gasteiger partial charge in [-0.25, -0.2) is 0 Å². The molecular weight excluding hydrogens is 224 g/mol. The lowest BCUT2D eigenvalue weighted by Gasteiger charge is -2.25. The summed E-state index contributed by atoms with van der Waals surface area (Å²) in [4.78, 5) is 2.44. The van der Waals surface area contributed by atoms with Gasteiger partial charge in [0.05, 0.1) is 12.8 Å². The van der Waals surface area contributed by atoms with Crippen molar-refractivity contribution < 1.29 is 4.42 Å². The third-order valence-electron chi connectivity index (χ3n) is 3.40. The Morgan fingerprint density at radius 3 is 2.56 bits per heavy atom. The molecule has 0 radical (unpaired) electrons. The lowest BCUT2D eigenvalue weighted by Crippen LogP contribution is -2.31. The Hall–Kier alpha value is -0.800. The number of nitrogens with zero attached hydrogens (tertiary/aromatic N) is 1. The van der Waals surface area contributed by atoms with Crippen molar-refractivity contribution in [3.63, 3.8) is 0 Å². The van der Waals surface area contributed by atoms with E-state index in [4.69, 9.17) is 4.42 Å². The largest absolute Gasteiger partial charge is 0.468 e. The maximum Gasteiger partial charge on any atom is 0.118 e. The van der Waals surface area contributed by atoms with Gasteiger partial charge in [0.25, 0.3) is 0 Å². The van der Waals surface area contributed by atoms with E-state index in [1.165, 1.54) is 12.0 Å². The fraction of sp³-hybridized carbons (Fsp3) is 0.733. The van der Waals surface area contributed by atoms with E-state index in [0.717, 1.165) is 25.4 Å². The number of rotatable bonds is 8. The van der Waals surface area contributed by atoms with E-state index in [1.54, 1.807) is 0 Å². The summed E-state index contributed by atoms with van der Waals surface area (Å²) >= 11 is 0. The van der Waals surface area contributed by atoms with Crippen LogP contribution in [0.25, 0.3) is 0 Å². The van der Waals surface area contributed by atoms with Crippen LogP contribution < -0.4 is 5.32 Å². The Balaban J connectivity index is 2.51. The average molecular weight is 252 g/mol. The van der Waals surface area contributed by atoms with Gasteiger partial charge in [-0.05, 0) is 26.0 Å². The van der Waals surface area contributed by atoms with Crippen molar-refractivity contribution in [3.8, 4) is 0 Å². The second-order valence-electron chi connectivity index (χ2n) is 5.28. The molecule has 1 unspecified atom stereocenters. The lowest BCUT2D eigenvalue weighted by atomic mass is 10.2. The molecular formula is C15H28N2O. The topological polar surface area (TPSA) is 28.4 Å².